The van der Waals surface area contributed by atoms with E-state index in [2.05, 4.69) is 5.32 Å². The van der Waals surface area contributed by atoms with Gasteiger partial charge in [-0.15, -0.1) is 11.3 Å². The van der Waals surface area contributed by atoms with Crippen molar-refractivity contribution in [1.82, 2.24) is 0 Å². The average molecular weight is 180 g/mol. The standard InChI is InChI=1S/C8H8N2OS/c1-6-3-5-12-8(6)10-7(11)2-4-9/h3,5H,2H2,1H3,(H,10,11). The summed E-state index contributed by atoms with van der Waals surface area (Å²) in [5.74, 6) is -0.247. The number of anilines is 1. The summed E-state index contributed by atoms with van der Waals surface area (Å²) in [5, 5.41) is 13.6. The predicted molar refractivity (Wildman–Crippen MR) is 47.9 cm³/mol. The number of amides is 1. The minimum Gasteiger partial charge on any atom is -0.317 e. The molecule has 0 aromatic carbocycles. The van der Waals surface area contributed by atoms with Crippen molar-refractivity contribution in [2.24, 2.45) is 0 Å². The maximum absolute atomic E-state index is 10.9. The second-order valence-electron chi connectivity index (χ2n) is 2.32. The highest BCUT2D eigenvalue weighted by molar-refractivity contribution is 7.14. The fraction of sp³-hybridized carbons (Fsp3) is 0.250. The Hall–Kier alpha value is -1.34. The predicted octanol–water partition coefficient (Wildman–Crippen LogP) is 1.91. The molecule has 0 aliphatic rings. The molecule has 1 aromatic heterocycles. The van der Waals surface area contributed by atoms with Gasteiger partial charge in [0.25, 0.3) is 0 Å². The summed E-state index contributed by atoms with van der Waals surface area (Å²) in [7, 11) is 0. The molecule has 0 fully saturated rings. The molecule has 0 spiro atoms. The lowest BCUT2D eigenvalue weighted by atomic mass is 10.3. The van der Waals surface area contributed by atoms with Gasteiger partial charge in [-0.25, -0.2) is 0 Å². The van der Waals surface area contributed by atoms with Gasteiger partial charge in [-0.1, -0.05) is 0 Å². The smallest absolute Gasteiger partial charge is 0.239 e. The Bertz CT molecular complexity index is 324. The van der Waals surface area contributed by atoms with Crippen molar-refractivity contribution in [1.29, 1.82) is 5.26 Å². The number of nitrogens with zero attached hydrogens (tertiary/aromatic N) is 1. The van der Waals surface area contributed by atoms with Crippen LogP contribution in [-0.4, -0.2) is 5.91 Å². The Morgan fingerprint density at radius 2 is 2.58 bits per heavy atom. The van der Waals surface area contributed by atoms with E-state index in [-0.39, 0.29) is 12.3 Å². The molecular weight excluding hydrogens is 172 g/mol. The molecule has 12 heavy (non-hydrogen) atoms. The lowest BCUT2D eigenvalue weighted by Crippen LogP contribution is -2.09. The van der Waals surface area contributed by atoms with Gasteiger partial charge in [0.05, 0.1) is 11.1 Å². The number of carbonyl (C=O) groups is 1. The molecule has 62 valence electrons. The van der Waals surface area contributed by atoms with Crippen LogP contribution in [0.4, 0.5) is 5.00 Å². The van der Waals surface area contributed by atoms with E-state index in [0.29, 0.717) is 0 Å². The summed E-state index contributed by atoms with van der Waals surface area (Å²) in [6.07, 6.45) is -0.0860. The molecule has 4 heteroatoms. The summed E-state index contributed by atoms with van der Waals surface area (Å²) >= 11 is 1.46. The average Bonchev–Trinajstić information content (AvgIpc) is 2.37. The molecule has 1 N–H and O–H groups in total. The van der Waals surface area contributed by atoms with Gasteiger partial charge in [0.15, 0.2) is 0 Å². The minimum atomic E-state index is -0.247. The van der Waals surface area contributed by atoms with E-state index in [4.69, 9.17) is 5.26 Å². The number of aryl methyl sites for hydroxylation is 1. The van der Waals surface area contributed by atoms with Crippen LogP contribution in [0.1, 0.15) is 12.0 Å². The minimum absolute atomic E-state index is 0.0860. The van der Waals surface area contributed by atoms with Crippen molar-refractivity contribution in [3.05, 3.63) is 17.0 Å². The van der Waals surface area contributed by atoms with Crippen LogP contribution in [0.2, 0.25) is 0 Å². The second-order valence-corrected chi connectivity index (χ2v) is 3.23. The highest BCUT2D eigenvalue weighted by Gasteiger charge is 2.03. The van der Waals surface area contributed by atoms with Crippen molar-refractivity contribution in [2.45, 2.75) is 13.3 Å². The molecule has 0 aliphatic heterocycles. The van der Waals surface area contributed by atoms with Crippen molar-refractivity contribution < 1.29 is 4.79 Å². The molecule has 0 aliphatic carbocycles. The van der Waals surface area contributed by atoms with Gasteiger partial charge >= 0.3 is 0 Å². The van der Waals surface area contributed by atoms with Crippen LogP contribution in [-0.2, 0) is 4.79 Å². The van der Waals surface area contributed by atoms with E-state index in [9.17, 15) is 4.79 Å². The molecule has 0 saturated heterocycles. The third kappa shape index (κ3) is 2.07. The number of rotatable bonds is 2. The maximum atomic E-state index is 10.9. The summed E-state index contributed by atoms with van der Waals surface area (Å²) in [6.45, 7) is 1.92. The number of hydrogen-bond acceptors (Lipinski definition) is 3. The van der Waals surface area contributed by atoms with Crippen LogP contribution in [0, 0.1) is 18.3 Å². The first-order chi connectivity index (χ1) is 5.74. The van der Waals surface area contributed by atoms with Gasteiger partial charge in [-0.2, -0.15) is 5.26 Å². The summed E-state index contributed by atoms with van der Waals surface area (Å²) in [4.78, 5) is 10.9. The fourth-order valence-electron chi connectivity index (χ4n) is 0.743. The van der Waals surface area contributed by atoms with E-state index in [1.54, 1.807) is 6.07 Å². The Kier molecular flexibility index (Phi) is 2.83. The lowest BCUT2D eigenvalue weighted by molar-refractivity contribution is -0.115. The van der Waals surface area contributed by atoms with Crippen LogP contribution in [0.25, 0.3) is 0 Å². The molecule has 1 heterocycles. The molecule has 1 rings (SSSR count). The van der Waals surface area contributed by atoms with Gasteiger partial charge in [0, 0.05) is 0 Å². The van der Waals surface area contributed by atoms with Crippen LogP contribution >= 0.6 is 11.3 Å². The van der Waals surface area contributed by atoms with Gasteiger partial charge in [0.1, 0.15) is 6.42 Å². The topological polar surface area (TPSA) is 52.9 Å². The number of hydrogen-bond donors (Lipinski definition) is 1. The van der Waals surface area contributed by atoms with Crippen molar-refractivity contribution >= 4 is 22.2 Å². The van der Waals surface area contributed by atoms with E-state index in [1.807, 2.05) is 18.4 Å². The Morgan fingerprint density at radius 1 is 1.83 bits per heavy atom. The first kappa shape index (κ1) is 8.75. The Labute approximate surface area is 74.6 Å². The Balaban J connectivity index is 2.59. The summed E-state index contributed by atoms with van der Waals surface area (Å²) < 4.78 is 0. The number of thiophene rings is 1. The maximum Gasteiger partial charge on any atom is 0.239 e. The van der Waals surface area contributed by atoms with Crippen LogP contribution in [0.3, 0.4) is 0 Å². The normalized spacial score (nSPS) is 9.00. The molecule has 1 amide bonds. The molecular formula is C8H8N2OS. The zero-order chi connectivity index (χ0) is 8.97. The third-order valence-corrected chi connectivity index (χ3v) is 2.29. The van der Waals surface area contributed by atoms with Crippen LogP contribution < -0.4 is 5.32 Å². The second kappa shape index (κ2) is 3.88. The first-order valence-corrected chi connectivity index (χ1v) is 4.33. The van der Waals surface area contributed by atoms with Gasteiger partial charge in [0.2, 0.25) is 5.91 Å². The van der Waals surface area contributed by atoms with E-state index in [0.717, 1.165) is 10.6 Å². The van der Waals surface area contributed by atoms with Crippen LogP contribution in [0.15, 0.2) is 11.4 Å². The molecule has 0 unspecified atom stereocenters. The number of carbonyl (C=O) groups excluding carboxylic acids is 1. The Morgan fingerprint density at radius 3 is 3.08 bits per heavy atom. The highest BCUT2D eigenvalue weighted by atomic mass is 32.1. The zero-order valence-electron chi connectivity index (χ0n) is 6.63. The molecule has 0 atom stereocenters. The lowest BCUT2D eigenvalue weighted by Gasteiger charge is -1.98. The molecule has 1 aromatic rings. The quantitative estimate of drug-likeness (QED) is 0.755. The molecule has 0 radical (unpaired) electrons. The highest BCUT2D eigenvalue weighted by Crippen LogP contribution is 2.21. The van der Waals surface area contributed by atoms with Gasteiger partial charge < -0.3 is 5.32 Å². The van der Waals surface area contributed by atoms with Gasteiger partial charge in [-0.05, 0) is 23.9 Å². The van der Waals surface area contributed by atoms with E-state index < -0.39 is 0 Å². The van der Waals surface area contributed by atoms with E-state index in [1.165, 1.54) is 11.3 Å². The van der Waals surface area contributed by atoms with E-state index >= 15 is 0 Å². The van der Waals surface area contributed by atoms with Crippen molar-refractivity contribution in [2.75, 3.05) is 5.32 Å². The van der Waals surface area contributed by atoms with Crippen LogP contribution in [0.5, 0.6) is 0 Å². The molecule has 0 bridgehead atoms. The summed E-state index contributed by atoms with van der Waals surface area (Å²) in [5.41, 5.74) is 1.03. The van der Waals surface area contributed by atoms with Gasteiger partial charge in [-0.3, -0.25) is 4.79 Å². The fourth-order valence-corrected chi connectivity index (χ4v) is 1.58. The zero-order valence-corrected chi connectivity index (χ0v) is 7.44. The monoisotopic (exact) mass is 180 g/mol. The largest absolute Gasteiger partial charge is 0.317 e. The molecule has 3 nitrogen and oxygen atoms in total. The third-order valence-electron chi connectivity index (χ3n) is 1.35. The van der Waals surface area contributed by atoms with Crippen molar-refractivity contribution in [3.63, 3.8) is 0 Å². The number of nitrogens with one attached hydrogen (secondary N) is 1. The van der Waals surface area contributed by atoms with Crippen molar-refractivity contribution in [3.8, 4) is 6.07 Å². The SMILES string of the molecule is Cc1ccsc1NC(=O)CC#N. The molecule has 0 saturated carbocycles. The first-order valence-electron chi connectivity index (χ1n) is 3.45. The number of nitriles is 1. The summed E-state index contributed by atoms with van der Waals surface area (Å²) in [6, 6.07) is 3.72.